The molecule has 1 fully saturated rings. The normalized spacial score (nSPS) is 17.7. The number of anilines is 1. The van der Waals surface area contributed by atoms with Gasteiger partial charge in [0.25, 0.3) is 0 Å². The third-order valence-electron chi connectivity index (χ3n) is 4.86. The highest BCUT2D eigenvalue weighted by Crippen LogP contribution is 2.27. The van der Waals surface area contributed by atoms with Crippen LogP contribution in [0.15, 0.2) is 53.4 Å². The SMILES string of the molecule is O=C(NCC[C@@H]1CCCCN1S(=O)(=O)c1ccc(F)cc1)Nc1ccc(Cl)cc1. The Morgan fingerprint density at radius 2 is 1.79 bits per heavy atom. The Morgan fingerprint density at radius 1 is 1.10 bits per heavy atom. The molecule has 0 saturated carbocycles. The van der Waals surface area contributed by atoms with Crippen molar-refractivity contribution in [3.63, 3.8) is 0 Å². The summed E-state index contributed by atoms with van der Waals surface area (Å²) in [6, 6.07) is 11.0. The summed E-state index contributed by atoms with van der Waals surface area (Å²) < 4.78 is 40.6. The smallest absolute Gasteiger partial charge is 0.319 e. The zero-order valence-electron chi connectivity index (χ0n) is 15.8. The van der Waals surface area contributed by atoms with Crippen molar-refractivity contribution in [3.05, 3.63) is 59.4 Å². The van der Waals surface area contributed by atoms with Crippen molar-refractivity contribution < 1.29 is 17.6 Å². The molecule has 0 aliphatic carbocycles. The molecule has 0 radical (unpaired) electrons. The van der Waals surface area contributed by atoms with Gasteiger partial charge in [0.1, 0.15) is 5.82 Å². The van der Waals surface area contributed by atoms with Crippen molar-refractivity contribution in [2.75, 3.05) is 18.4 Å². The van der Waals surface area contributed by atoms with Crippen LogP contribution in [-0.2, 0) is 10.0 Å². The van der Waals surface area contributed by atoms with E-state index in [1.165, 1.54) is 16.4 Å². The molecule has 1 heterocycles. The molecule has 0 aromatic heterocycles. The first-order chi connectivity index (χ1) is 13.9. The number of amides is 2. The fourth-order valence-electron chi connectivity index (χ4n) is 3.38. The molecule has 1 atom stereocenters. The van der Waals surface area contributed by atoms with Crippen molar-refractivity contribution in [3.8, 4) is 0 Å². The van der Waals surface area contributed by atoms with Crippen LogP contribution in [0.4, 0.5) is 14.9 Å². The van der Waals surface area contributed by atoms with Gasteiger partial charge in [-0.15, -0.1) is 0 Å². The zero-order chi connectivity index (χ0) is 20.9. The largest absolute Gasteiger partial charge is 0.338 e. The Balaban J connectivity index is 1.57. The number of hydrogen-bond donors (Lipinski definition) is 2. The van der Waals surface area contributed by atoms with Crippen LogP contribution in [0.25, 0.3) is 0 Å². The summed E-state index contributed by atoms with van der Waals surface area (Å²) in [5.41, 5.74) is 0.616. The van der Waals surface area contributed by atoms with Crippen LogP contribution in [0, 0.1) is 5.82 Å². The lowest BCUT2D eigenvalue weighted by molar-refractivity contribution is 0.234. The number of halogens is 2. The van der Waals surface area contributed by atoms with Gasteiger partial charge in [-0.05, 0) is 67.8 Å². The first-order valence-corrected chi connectivity index (χ1v) is 11.3. The number of urea groups is 1. The average molecular weight is 440 g/mol. The van der Waals surface area contributed by atoms with Gasteiger partial charge >= 0.3 is 6.03 Å². The van der Waals surface area contributed by atoms with E-state index in [2.05, 4.69) is 10.6 Å². The number of carbonyl (C=O) groups excluding carboxylic acids is 1. The van der Waals surface area contributed by atoms with Gasteiger partial charge in [0.2, 0.25) is 10.0 Å². The number of benzene rings is 2. The quantitative estimate of drug-likeness (QED) is 0.706. The number of carbonyl (C=O) groups is 1. The standard InChI is InChI=1S/C20H23ClFN3O3S/c21-15-4-8-17(9-5-15)24-20(26)23-13-12-18-3-1-2-14-25(18)29(27,28)19-10-6-16(22)7-11-19/h4-11,18H,1-3,12-14H2,(H2,23,24,26)/t18-/m0/s1. The zero-order valence-corrected chi connectivity index (χ0v) is 17.3. The van der Waals surface area contributed by atoms with E-state index in [1.54, 1.807) is 24.3 Å². The fourth-order valence-corrected chi connectivity index (χ4v) is 5.23. The van der Waals surface area contributed by atoms with Gasteiger partial charge in [0.05, 0.1) is 4.90 Å². The van der Waals surface area contributed by atoms with E-state index >= 15 is 0 Å². The van der Waals surface area contributed by atoms with E-state index in [0.717, 1.165) is 31.4 Å². The van der Waals surface area contributed by atoms with E-state index in [0.29, 0.717) is 30.2 Å². The third kappa shape index (κ3) is 5.68. The maximum Gasteiger partial charge on any atom is 0.319 e. The monoisotopic (exact) mass is 439 g/mol. The van der Waals surface area contributed by atoms with Gasteiger partial charge in [0.15, 0.2) is 0 Å². The molecule has 0 unspecified atom stereocenters. The Labute approximate surface area is 175 Å². The topological polar surface area (TPSA) is 78.5 Å². The van der Waals surface area contributed by atoms with E-state index in [1.807, 2.05) is 0 Å². The lowest BCUT2D eigenvalue weighted by Crippen LogP contribution is -2.45. The van der Waals surface area contributed by atoms with Gasteiger partial charge in [-0.3, -0.25) is 0 Å². The second-order valence-corrected chi connectivity index (χ2v) is 9.22. The van der Waals surface area contributed by atoms with Crippen LogP contribution in [-0.4, -0.2) is 37.9 Å². The minimum Gasteiger partial charge on any atom is -0.338 e. The lowest BCUT2D eigenvalue weighted by atomic mass is 10.0. The van der Waals surface area contributed by atoms with Crippen molar-refractivity contribution in [1.29, 1.82) is 0 Å². The highest BCUT2D eigenvalue weighted by atomic mass is 35.5. The molecule has 29 heavy (non-hydrogen) atoms. The summed E-state index contributed by atoms with van der Waals surface area (Å²) in [5.74, 6) is -0.477. The maximum absolute atomic E-state index is 13.2. The minimum atomic E-state index is -3.71. The van der Waals surface area contributed by atoms with Crippen molar-refractivity contribution in [2.45, 2.75) is 36.6 Å². The summed E-state index contributed by atoms with van der Waals surface area (Å²) in [7, 11) is -3.71. The third-order valence-corrected chi connectivity index (χ3v) is 7.08. The van der Waals surface area contributed by atoms with Gasteiger partial charge < -0.3 is 10.6 Å². The fraction of sp³-hybridized carbons (Fsp3) is 0.350. The molecule has 3 rings (SSSR count). The summed E-state index contributed by atoms with van der Waals surface area (Å²) in [4.78, 5) is 12.1. The first-order valence-electron chi connectivity index (χ1n) is 9.44. The van der Waals surface area contributed by atoms with Crippen LogP contribution in [0.3, 0.4) is 0 Å². The number of nitrogens with zero attached hydrogens (tertiary/aromatic N) is 1. The molecule has 1 saturated heterocycles. The Bertz CT molecular complexity index is 936. The number of sulfonamides is 1. The molecular weight excluding hydrogens is 417 g/mol. The van der Waals surface area contributed by atoms with Crippen LogP contribution in [0.5, 0.6) is 0 Å². The molecule has 2 aromatic rings. The molecule has 6 nitrogen and oxygen atoms in total. The van der Waals surface area contributed by atoms with Crippen LogP contribution in [0.2, 0.25) is 5.02 Å². The van der Waals surface area contributed by atoms with E-state index in [4.69, 9.17) is 11.6 Å². The van der Waals surface area contributed by atoms with Gasteiger partial charge in [-0.1, -0.05) is 18.0 Å². The van der Waals surface area contributed by atoms with Crippen LogP contribution < -0.4 is 10.6 Å². The Morgan fingerprint density at radius 3 is 2.48 bits per heavy atom. The predicted octanol–water partition coefficient (Wildman–Crippen LogP) is 4.23. The Hall–Kier alpha value is -2.16. The second-order valence-electron chi connectivity index (χ2n) is 6.90. The van der Waals surface area contributed by atoms with E-state index in [-0.39, 0.29) is 17.0 Å². The average Bonchev–Trinajstić information content (AvgIpc) is 2.70. The minimum absolute atomic E-state index is 0.0826. The molecule has 2 aromatic carbocycles. The van der Waals surface area contributed by atoms with Crippen LogP contribution in [0.1, 0.15) is 25.7 Å². The number of piperidine rings is 1. The highest BCUT2D eigenvalue weighted by Gasteiger charge is 2.33. The molecule has 9 heteroatoms. The molecule has 156 valence electrons. The molecule has 1 aliphatic heterocycles. The molecule has 2 N–H and O–H groups in total. The molecule has 2 amide bonds. The summed E-state index contributed by atoms with van der Waals surface area (Å²) >= 11 is 5.82. The molecule has 0 spiro atoms. The van der Waals surface area contributed by atoms with Crippen molar-refractivity contribution in [2.24, 2.45) is 0 Å². The van der Waals surface area contributed by atoms with E-state index < -0.39 is 15.8 Å². The number of hydrogen-bond acceptors (Lipinski definition) is 3. The maximum atomic E-state index is 13.2. The predicted molar refractivity (Wildman–Crippen MR) is 111 cm³/mol. The summed E-state index contributed by atoms with van der Waals surface area (Å²) in [5, 5.41) is 6.04. The van der Waals surface area contributed by atoms with Crippen molar-refractivity contribution >= 4 is 33.3 Å². The highest BCUT2D eigenvalue weighted by molar-refractivity contribution is 7.89. The second kappa shape index (κ2) is 9.56. The first kappa shape index (κ1) is 21.5. The molecular formula is C20H23ClFN3O3S. The van der Waals surface area contributed by atoms with Crippen molar-refractivity contribution in [1.82, 2.24) is 9.62 Å². The number of nitrogens with one attached hydrogen (secondary N) is 2. The summed E-state index contributed by atoms with van der Waals surface area (Å²) in [6.45, 7) is 0.751. The lowest BCUT2D eigenvalue weighted by Gasteiger charge is -2.34. The molecule has 1 aliphatic rings. The number of rotatable bonds is 6. The van der Waals surface area contributed by atoms with Gasteiger partial charge in [-0.25, -0.2) is 17.6 Å². The molecule has 0 bridgehead atoms. The Kier molecular flexibility index (Phi) is 7.10. The van der Waals surface area contributed by atoms with Gasteiger partial charge in [-0.2, -0.15) is 4.31 Å². The van der Waals surface area contributed by atoms with Crippen LogP contribution >= 0.6 is 11.6 Å². The van der Waals surface area contributed by atoms with Gasteiger partial charge in [0, 0.05) is 29.8 Å². The van der Waals surface area contributed by atoms with E-state index in [9.17, 15) is 17.6 Å². The summed E-state index contributed by atoms with van der Waals surface area (Å²) in [6.07, 6.45) is 2.92.